The van der Waals surface area contributed by atoms with Crippen molar-refractivity contribution in [3.8, 4) is 22.6 Å². The maximum Gasteiger partial charge on any atom is 0.344 e. The number of rotatable bonds is 7. The zero-order valence-corrected chi connectivity index (χ0v) is 21.5. The van der Waals surface area contributed by atoms with E-state index in [1.807, 2.05) is 24.3 Å². The summed E-state index contributed by atoms with van der Waals surface area (Å²) in [6.45, 7) is 5.63. The lowest BCUT2D eigenvalue weighted by atomic mass is 9.92. The van der Waals surface area contributed by atoms with Gasteiger partial charge in [-0.1, -0.05) is 41.4 Å². The number of aromatic hydroxyl groups is 1. The van der Waals surface area contributed by atoms with Crippen LogP contribution in [0.5, 0.6) is 11.5 Å². The summed E-state index contributed by atoms with van der Waals surface area (Å²) in [6.07, 6.45) is 3.00. The van der Waals surface area contributed by atoms with Gasteiger partial charge in [0.1, 0.15) is 23.7 Å². The maximum absolute atomic E-state index is 13.3. The van der Waals surface area contributed by atoms with E-state index in [1.165, 1.54) is 12.8 Å². The van der Waals surface area contributed by atoms with Gasteiger partial charge in [-0.3, -0.25) is 4.90 Å². The molecule has 0 saturated carbocycles. The molecule has 1 aliphatic heterocycles. The summed E-state index contributed by atoms with van der Waals surface area (Å²) in [7, 11) is 0. The quantitative estimate of drug-likeness (QED) is 0.268. The second-order valence-electron chi connectivity index (χ2n) is 9.17. The smallest absolute Gasteiger partial charge is 0.344 e. The van der Waals surface area contributed by atoms with Crippen LogP contribution in [-0.2, 0) is 6.42 Å². The van der Waals surface area contributed by atoms with E-state index in [0.717, 1.165) is 41.9 Å². The highest BCUT2D eigenvalue weighted by Crippen LogP contribution is 2.37. The molecule has 0 spiro atoms. The maximum atomic E-state index is 13.3. The normalized spacial score (nSPS) is 14.0. The van der Waals surface area contributed by atoms with Crippen molar-refractivity contribution in [1.29, 1.82) is 0 Å². The van der Waals surface area contributed by atoms with Crippen LogP contribution in [0, 0.1) is 6.92 Å². The van der Waals surface area contributed by atoms with Crippen LogP contribution in [0.25, 0.3) is 22.1 Å². The number of nitrogens with zero attached hydrogens (tertiary/aromatic N) is 1. The van der Waals surface area contributed by atoms with Crippen molar-refractivity contribution >= 4 is 34.2 Å². The Bertz CT molecular complexity index is 1460. The number of ether oxygens (including phenoxy) is 1. The zero-order valence-electron chi connectivity index (χ0n) is 20.0. The van der Waals surface area contributed by atoms with Crippen molar-refractivity contribution in [2.75, 3.05) is 26.2 Å². The summed E-state index contributed by atoms with van der Waals surface area (Å²) in [5, 5.41) is 11.8. The molecular formula is C29H27Cl2NO4. The molecule has 0 atom stereocenters. The molecule has 5 nitrogen and oxygen atoms in total. The monoisotopic (exact) mass is 523 g/mol. The fourth-order valence-corrected chi connectivity index (χ4v) is 5.31. The molecular weight excluding hydrogens is 497 g/mol. The molecule has 2 heterocycles. The Morgan fingerprint density at radius 1 is 1.03 bits per heavy atom. The molecule has 1 N–H and O–H groups in total. The molecule has 36 heavy (non-hydrogen) atoms. The van der Waals surface area contributed by atoms with E-state index in [0.29, 0.717) is 45.3 Å². The van der Waals surface area contributed by atoms with Gasteiger partial charge >= 0.3 is 5.63 Å². The van der Waals surface area contributed by atoms with Gasteiger partial charge in [0.25, 0.3) is 0 Å². The molecule has 1 fully saturated rings. The van der Waals surface area contributed by atoms with Crippen molar-refractivity contribution in [2.24, 2.45) is 0 Å². The summed E-state index contributed by atoms with van der Waals surface area (Å²) in [5.74, 6) is 0.890. The van der Waals surface area contributed by atoms with Crippen LogP contribution < -0.4 is 10.4 Å². The van der Waals surface area contributed by atoms with Gasteiger partial charge in [0.2, 0.25) is 0 Å². The van der Waals surface area contributed by atoms with Crippen LogP contribution in [0.3, 0.4) is 0 Å². The highest BCUT2D eigenvalue weighted by atomic mass is 35.5. The van der Waals surface area contributed by atoms with Gasteiger partial charge in [-0.25, -0.2) is 4.79 Å². The van der Waals surface area contributed by atoms with Crippen LogP contribution in [-0.4, -0.2) is 36.2 Å². The van der Waals surface area contributed by atoms with Gasteiger partial charge in [0, 0.05) is 28.1 Å². The predicted molar refractivity (Wildman–Crippen MR) is 145 cm³/mol. The molecule has 0 amide bonds. The number of aryl methyl sites for hydroxylation is 1. The number of hydrogen-bond acceptors (Lipinski definition) is 5. The van der Waals surface area contributed by atoms with Gasteiger partial charge in [0.05, 0.1) is 10.6 Å². The second kappa shape index (κ2) is 10.6. The van der Waals surface area contributed by atoms with Gasteiger partial charge in [-0.2, -0.15) is 0 Å². The van der Waals surface area contributed by atoms with Crippen LogP contribution in [0.4, 0.5) is 0 Å². The lowest BCUT2D eigenvalue weighted by Gasteiger charge is -2.16. The largest absolute Gasteiger partial charge is 0.508 e. The zero-order chi connectivity index (χ0) is 25.2. The predicted octanol–water partition coefficient (Wildman–Crippen LogP) is 6.85. The number of halogens is 2. The van der Waals surface area contributed by atoms with Crippen molar-refractivity contribution in [2.45, 2.75) is 26.2 Å². The number of phenolic OH excluding ortho intramolecular Hbond substituents is 1. The van der Waals surface area contributed by atoms with Crippen LogP contribution in [0.1, 0.15) is 29.5 Å². The second-order valence-corrected chi connectivity index (χ2v) is 10.0. The summed E-state index contributed by atoms with van der Waals surface area (Å²) >= 11 is 12.6. The minimum Gasteiger partial charge on any atom is -0.508 e. The number of benzene rings is 3. The summed E-state index contributed by atoms with van der Waals surface area (Å²) in [4.78, 5) is 15.7. The Kier molecular flexibility index (Phi) is 7.24. The van der Waals surface area contributed by atoms with Gasteiger partial charge in [0.15, 0.2) is 0 Å². The van der Waals surface area contributed by atoms with Gasteiger partial charge in [-0.05, 0) is 86.8 Å². The van der Waals surface area contributed by atoms with Crippen LogP contribution in [0.2, 0.25) is 10.0 Å². The highest BCUT2D eigenvalue weighted by Gasteiger charge is 2.21. The Morgan fingerprint density at radius 3 is 2.50 bits per heavy atom. The minimum absolute atomic E-state index is 0.0734. The summed E-state index contributed by atoms with van der Waals surface area (Å²) < 4.78 is 11.6. The SMILES string of the molecule is Cc1c(O)ccc2c(Cc3ccc(OCCN4CCCC4)cc3)c(-c3ccc(Cl)cc3Cl)c(=O)oc12. The first-order valence-electron chi connectivity index (χ1n) is 12.1. The molecule has 0 bridgehead atoms. The first-order valence-corrected chi connectivity index (χ1v) is 12.8. The fraction of sp³-hybridized carbons (Fsp3) is 0.276. The first-order chi connectivity index (χ1) is 17.4. The van der Waals surface area contributed by atoms with E-state index < -0.39 is 5.63 Å². The third kappa shape index (κ3) is 5.10. The molecule has 1 aromatic heterocycles. The lowest BCUT2D eigenvalue weighted by molar-refractivity contribution is 0.238. The molecule has 7 heteroatoms. The average Bonchev–Trinajstić information content (AvgIpc) is 3.37. The molecule has 1 saturated heterocycles. The first kappa shape index (κ1) is 24.7. The molecule has 0 radical (unpaired) electrons. The number of hydrogen-bond donors (Lipinski definition) is 1. The van der Waals surface area contributed by atoms with E-state index in [-0.39, 0.29) is 5.75 Å². The van der Waals surface area contributed by atoms with E-state index in [4.69, 9.17) is 32.4 Å². The number of likely N-dealkylation sites (tertiary alicyclic amines) is 1. The molecule has 5 rings (SSSR count). The standard InChI is InChI=1S/C29H27Cl2NO4/c1-18-26(33)11-10-22-24(27(29(34)36-28(18)22)23-9-6-20(30)17-25(23)31)16-19-4-7-21(8-5-19)35-15-14-32-12-2-3-13-32/h4-11,17,33H,2-3,12-16H2,1H3. The average molecular weight is 524 g/mol. The third-order valence-electron chi connectivity index (χ3n) is 6.78. The molecule has 4 aromatic rings. The minimum atomic E-state index is -0.516. The van der Waals surface area contributed by atoms with Crippen molar-refractivity contribution < 1.29 is 14.3 Å². The topological polar surface area (TPSA) is 62.9 Å². The van der Waals surface area contributed by atoms with E-state index in [1.54, 1.807) is 37.3 Å². The molecule has 0 aliphatic carbocycles. The molecule has 0 unspecified atom stereocenters. The molecule has 186 valence electrons. The summed E-state index contributed by atoms with van der Waals surface area (Å²) in [6, 6.07) is 16.4. The Labute approximate surface area is 219 Å². The van der Waals surface area contributed by atoms with Crippen LogP contribution >= 0.6 is 23.2 Å². The van der Waals surface area contributed by atoms with Crippen molar-refractivity contribution in [3.63, 3.8) is 0 Å². The lowest BCUT2D eigenvalue weighted by Crippen LogP contribution is -2.25. The highest BCUT2D eigenvalue weighted by molar-refractivity contribution is 6.36. The number of fused-ring (bicyclic) bond motifs is 1. The third-order valence-corrected chi connectivity index (χ3v) is 7.33. The Hall–Kier alpha value is -2.99. The van der Waals surface area contributed by atoms with Crippen molar-refractivity contribution in [1.82, 2.24) is 4.90 Å². The van der Waals surface area contributed by atoms with E-state index >= 15 is 0 Å². The summed E-state index contributed by atoms with van der Waals surface area (Å²) in [5.41, 5.74) is 3.09. The van der Waals surface area contributed by atoms with Crippen molar-refractivity contribution in [3.05, 3.63) is 91.8 Å². The fourth-order valence-electron chi connectivity index (χ4n) is 4.81. The van der Waals surface area contributed by atoms with Gasteiger partial charge in [-0.15, -0.1) is 0 Å². The molecule has 1 aliphatic rings. The van der Waals surface area contributed by atoms with E-state index in [2.05, 4.69) is 4.90 Å². The van der Waals surface area contributed by atoms with Gasteiger partial charge < -0.3 is 14.3 Å². The Morgan fingerprint density at radius 2 is 1.78 bits per heavy atom. The molecule has 3 aromatic carbocycles. The van der Waals surface area contributed by atoms with Crippen LogP contribution in [0.15, 0.2) is 63.8 Å². The Balaban J connectivity index is 1.50. The number of phenols is 1. The van der Waals surface area contributed by atoms with E-state index in [9.17, 15) is 9.90 Å².